The van der Waals surface area contributed by atoms with Crippen molar-refractivity contribution in [3.05, 3.63) is 29.8 Å². The highest BCUT2D eigenvalue weighted by atomic mass is 19.2. The molecule has 0 atom stereocenters. The van der Waals surface area contributed by atoms with Crippen LogP contribution in [-0.4, -0.2) is 12.4 Å². The normalized spacial score (nSPS) is 9.69. The van der Waals surface area contributed by atoms with E-state index in [9.17, 15) is 8.78 Å². The zero-order chi connectivity index (χ0) is 9.84. The van der Waals surface area contributed by atoms with E-state index in [1.54, 1.807) is 0 Å². The molecule has 0 aliphatic heterocycles. The van der Waals surface area contributed by atoms with Gasteiger partial charge in [0.2, 0.25) is 5.82 Å². The van der Waals surface area contributed by atoms with Crippen LogP contribution in [0, 0.1) is 17.0 Å². The van der Waals surface area contributed by atoms with Gasteiger partial charge in [0, 0.05) is 0 Å². The second kappa shape index (κ2) is 3.84. The van der Waals surface area contributed by atoms with Gasteiger partial charge in [0.15, 0.2) is 11.6 Å². The van der Waals surface area contributed by atoms with Crippen LogP contribution in [0.3, 0.4) is 0 Å². The summed E-state index contributed by atoms with van der Waals surface area (Å²) in [6.45, 7) is -0.250. The van der Waals surface area contributed by atoms with E-state index < -0.39 is 11.6 Å². The highest BCUT2D eigenvalue weighted by molar-refractivity contribution is 5.78. The minimum Gasteiger partial charge on any atom is -0.483 e. The Balaban J connectivity index is 2.77. The first-order valence-electron chi connectivity index (χ1n) is 3.51. The lowest BCUT2D eigenvalue weighted by molar-refractivity contribution is 0.341. The molecule has 0 bridgehead atoms. The second-order valence-electron chi connectivity index (χ2n) is 2.37. The first-order valence-corrected chi connectivity index (χ1v) is 3.51. The molecule has 0 aromatic heterocycles. The monoisotopic (exact) mass is 186 g/mol. The molecule has 1 aromatic carbocycles. The van der Waals surface area contributed by atoms with Crippen LogP contribution in [0.15, 0.2) is 18.2 Å². The molecule has 0 saturated carbocycles. The summed E-state index contributed by atoms with van der Waals surface area (Å²) in [5, 5.41) is 6.80. The molecule has 0 saturated heterocycles. The van der Waals surface area contributed by atoms with Gasteiger partial charge in [0.25, 0.3) is 0 Å². The number of halogens is 2. The van der Waals surface area contributed by atoms with Crippen LogP contribution < -0.4 is 10.5 Å². The summed E-state index contributed by atoms with van der Waals surface area (Å²) in [6.07, 6.45) is 0. The highest BCUT2D eigenvalue weighted by Gasteiger charge is 2.08. The molecule has 0 aliphatic rings. The highest BCUT2D eigenvalue weighted by Crippen LogP contribution is 2.18. The van der Waals surface area contributed by atoms with Gasteiger partial charge < -0.3 is 10.5 Å². The summed E-state index contributed by atoms with van der Waals surface area (Å²) < 4.78 is 30.1. The van der Waals surface area contributed by atoms with Gasteiger partial charge in [0.1, 0.15) is 12.4 Å². The van der Waals surface area contributed by atoms with E-state index in [0.29, 0.717) is 0 Å². The molecular weight excluding hydrogens is 178 g/mol. The zero-order valence-corrected chi connectivity index (χ0v) is 6.68. The van der Waals surface area contributed by atoms with Crippen molar-refractivity contribution in [1.29, 1.82) is 5.41 Å². The molecule has 0 aliphatic carbocycles. The van der Waals surface area contributed by atoms with Crippen molar-refractivity contribution in [2.24, 2.45) is 5.73 Å². The van der Waals surface area contributed by atoms with Crippen molar-refractivity contribution in [2.75, 3.05) is 6.61 Å². The average Bonchev–Trinajstić information content (AvgIpc) is 2.07. The van der Waals surface area contributed by atoms with Crippen LogP contribution in [0.25, 0.3) is 0 Å². The number of hydrogen-bond acceptors (Lipinski definition) is 2. The number of amidine groups is 1. The van der Waals surface area contributed by atoms with Crippen molar-refractivity contribution < 1.29 is 13.5 Å². The Labute approximate surface area is 73.6 Å². The number of benzene rings is 1. The Hall–Kier alpha value is -1.65. The quantitative estimate of drug-likeness (QED) is 0.551. The van der Waals surface area contributed by atoms with Crippen LogP contribution in [0.4, 0.5) is 8.78 Å². The fraction of sp³-hybridized carbons (Fsp3) is 0.125. The lowest BCUT2D eigenvalue weighted by Crippen LogP contribution is -2.19. The molecule has 1 aromatic rings. The summed E-state index contributed by atoms with van der Waals surface area (Å²) in [6, 6.07) is 3.56. The van der Waals surface area contributed by atoms with E-state index in [4.69, 9.17) is 15.9 Å². The molecular formula is C8H8F2N2O. The van der Waals surface area contributed by atoms with Crippen molar-refractivity contribution in [1.82, 2.24) is 0 Å². The summed E-state index contributed by atoms with van der Waals surface area (Å²) >= 11 is 0. The molecule has 1 rings (SSSR count). The lowest BCUT2D eigenvalue weighted by atomic mass is 10.3. The topological polar surface area (TPSA) is 59.1 Å². The van der Waals surface area contributed by atoms with Gasteiger partial charge >= 0.3 is 0 Å². The van der Waals surface area contributed by atoms with Gasteiger partial charge in [-0.25, -0.2) is 4.39 Å². The third kappa shape index (κ3) is 2.40. The Bertz CT molecular complexity index is 328. The molecule has 0 spiro atoms. The zero-order valence-electron chi connectivity index (χ0n) is 6.68. The predicted octanol–water partition coefficient (Wildman–Crippen LogP) is 1.28. The van der Waals surface area contributed by atoms with Crippen LogP contribution in [0.1, 0.15) is 0 Å². The summed E-state index contributed by atoms with van der Waals surface area (Å²) in [7, 11) is 0. The van der Waals surface area contributed by atoms with Crippen LogP contribution in [-0.2, 0) is 0 Å². The molecule has 5 heteroatoms. The Kier molecular flexibility index (Phi) is 2.79. The number of nitrogens with two attached hydrogens (primary N) is 1. The van der Waals surface area contributed by atoms with E-state index in [2.05, 4.69) is 0 Å². The van der Waals surface area contributed by atoms with E-state index in [1.807, 2.05) is 0 Å². The van der Waals surface area contributed by atoms with Gasteiger partial charge in [-0.05, 0) is 12.1 Å². The molecule has 0 amide bonds. The Morgan fingerprint density at radius 2 is 2.15 bits per heavy atom. The summed E-state index contributed by atoms with van der Waals surface area (Å²) in [5.74, 6) is -2.54. The Morgan fingerprint density at radius 1 is 1.46 bits per heavy atom. The van der Waals surface area contributed by atoms with Crippen LogP contribution in [0.5, 0.6) is 5.75 Å². The number of nitrogens with one attached hydrogen (secondary N) is 1. The summed E-state index contributed by atoms with van der Waals surface area (Å²) in [4.78, 5) is 0. The van der Waals surface area contributed by atoms with E-state index in [-0.39, 0.29) is 18.2 Å². The van der Waals surface area contributed by atoms with E-state index in [0.717, 1.165) is 6.07 Å². The molecule has 0 unspecified atom stereocenters. The molecule has 0 radical (unpaired) electrons. The molecule has 0 heterocycles. The first kappa shape index (κ1) is 9.44. The van der Waals surface area contributed by atoms with Crippen molar-refractivity contribution in [2.45, 2.75) is 0 Å². The maximum absolute atomic E-state index is 12.8. The minimum absolute atomic E-state index is 0.241. The molecule has 0 fully saturated rings. The van der Waals surface area contributed by atoms with Gasteiger partial charge in [0.05, 0.1) is 0 Å². The number of ether oxygens (including phenoxy) is 1. The summed E-state index contributed by atoms with van der Waals surface area (Å²) in [5.41, 5.74) is 4.97. The largest absolute Gasteiger partial charge is 0.483 e. The van der Waals surface area contributed by atoms with Crippen LogP contribution in [0.2, 0.25) is 0 Å². The number of rotatable bonds is 3. The first-order chi connectivity index (χ1) is 6.11. The maximum Gasteiger partial charge on any atom is 0.200 e. The van der Waals surface area contributed by atoms with Gasteiger partial charge in [-0.3, -0.25) is 5.41 Å². The van der Waals surface area contributed by atoms with Crippen LogP contribution >= 0.6 is 0 Å². The lowest BCUT2D eigenvalue weighted by Gasteiger charge is -2.05. The molecule has 3 nitrogen and oxygen atoms in total. The van der Waals surface area contributed by atoms with Crippen molar-refractivity contribution in [3.8, 4) is 5.75 Å². The standard InChI is InChI=1S/C8H8F2N2O/c9-5-2-1-3-6(8(5)10)13-4-7(11)12/h1-3H,4H2,(H3,11,12). The third-order valence-corrected chi connectivity index (χ3v) is 1.30. The average molecular weight is 186 g/mol. The molecule has 3 N–H and O–H groups in total. The van der Waals surface area contributed by atoms with Gasteiger partial charge in [-0.2, -0.15) is 4.39 Å². The fourth-order valence-corrected chi connectivity index (χ4v) is 0.751. The molecule has 70 valence electrons. The minimum atomic E-state index is -1.07. The van der Waals surface area contributed by atoms with Crippen molar-refractivity contribution >= 4 is 5.84 Å². The van der Waals surface area contributed by atoms with E-state index in [1.165, 1.54) is 12.1 Å². The fourth-order valence-electron chi connectivity index (χ4n) is 0.751. The van der Waals surface area contributed by atoms with Gasteiger partial charge in [-0.1, -0.05) is 6.07 Å². The molecule has 13 heavy (non-hydrogen) atoms. The SMILES string of the molecule is N=C(N)COc1cccc(F)c1F. The smallest absolute Gasteiger partial charge is 0.200 e. The van der Waals surface area contributed by atoms with E-state index >= 15 is 0 Å². The Morgan fingerprint density at radius 3 is 2.77 bits per heavy atom. The third-order valence-electron chi connectivity index (χ3n) is 1.30. The predicted molar refractivity (Wildman–Crippen MR) is 43.8 cm³/mol. The second-order valence-corrected chi connectivity index (χ2v) is 2.37. The maximum atomic E-state index is 12.8. The van der Waals surface area contributed by atoms with Gasteiger partial charge in [-0.15, -0.1) is 0 Å². The number of hydrogen-bond donors (Lipinski definition) is 2. The van der Waals surface area contributed by atoms with Crippen molar-refractivity contribution in [3.63, 3.8) is 0 Å².